The van der Waals surface area contributed by atoms with Gasteiger partial charge in [-0.3, -0.25) is 14.4 Å². The van der Waals surface area contributed by atoms with Crippen molar-refractivity contribution in [1.82, 2.24) is 5.48 Å². The van der Waals surface area contributed by atoms with Gasteiger partial charge in [-0.25, -0.2) is 0 Å². The Hall–Kier alpha value is -1.04. The Bertz CT molecular complexity index is 366. The molecule has 1 aliphatic rings. The van der Waals surface area contributed by atoms with E-state index in [0.717, 1.165) is 12.8 Å². The topological polar surface area (TPSA) is 64.6 Å². The molecule has 0 aromatic rings. The smallest absolute Gasteiger partial charge is 0.166 e. The van der Waals surface area contributed by atoms with Crippen molar-refractivity contribution in [3.05, 3.63) is 11.6 Å². The van der Waals surface area contributed by atoms with Crippen LogP contribution in [-0.2, 0) is 19.2 Å². The molecular weight excluding hydrogens is 270 g/mol. The Labute approximate surface area is 127 Å². The molecule has 5 heteroatoms. The van der Waals surface area contributed by atoms with Crippen LogP contribution >= 0.6 is 0 Å². The van der Waals surface area contributed by atoms with Crippen LogP contribution in [0.25, 0.3) is 0 Å². The molecule has 0 bridgehead atoms. The van der Waals surface area contributed by atoms with Crippen LogP contribution in [0, 0.1) is 5.41 Å². The van der Waals surface area contributed by atoms with E-state index >= 15 is 0 Å². The Kier molecular flexibility index (Phi) is 7.78. The number of ketones is 2. The maximum absolute atomic E-state index is 11.9. The number of unbranched alkanes of at least 4 members (excludes halogenated alkanes) is 1. The zero-order chi connectivity index (χ0) is 15.7. The minimum atomic E-state index is -0.206. The quantitative estimate of drug-likeness (QED) is 0.233. The normalized spacial score (nSPS) is 18.1. The van der Waals surface area contributed by atoms with Crippen molar-refractivity contribution >= 4 is 11.6 Å². The molecular formula is C16H27NO4. The molecule has 0 atom stereocenters. The fourth-order valence-electron chi connectivity index (χ4n) is 2.24. The predicted molar refractivity (Wildman–Crippen MR) is 80.5 cm³/mol. The number of Topliss-reactive ketones (excluding diaryl/α,β-unsaturated/α-hetero) is 2. The average molecular weight is 297 g/mol. The molecule has 21 heavy (non-hydrogen) atoms. The summed E-state index contributed by atoms with van der Waals surface area (Å²) in [5.74, 6) is -0.0832. The first-order valence-electron chi connectivity index (χ1n) is 7.65. The van der Waals surface area contributed by atoms with Crippen LogP contribution in [0.4, 0.5) is 0 Å². The summed E-state index contributed by atoms with van der Waals surface area (Å²) >= 11 is 0. The molecule has 1 N–H and O–H groups in total. The summed E-state index contributed by atoms with van der Waals surface area (Å²) in [6, 6.07) is 0. The van der Waals surface area contributed by atoms with E-state index in [1.165, 1.54) is 0 Å². The Morgan fingerprint density at radius 1 is 1.24 bits per heavy atom. The maximum atomic E-state index is 11.9. The number of nitrogens with one attached hydrogen (secondary N) is 1. The molecule has 0 amide bonds. The molecule has 0 aliphatic heterocycles. The molecule has 1 aliphatic carbocycles. The van der Waals surface area contributed by atoms with Crippen LogP contribution in [0.15, 0.2) is 11.6 Å². The Morgan fingerprint density at radius 2 is 1.90 bits per heavy atom. The van der Waals surface area contributed by atoms with Gasteiger partial charge >= 0.3 is 0 Å². The number of ether oxygens (including phenoxy) is 1. The Morgan fingerprint density at radius 3 is 2.52 bits per heavy atom. The molecule has 0 unspecified atom stereocenters. The van der Waals surface area contributed by atoms with E-state index in [0.29, 0.717) is 38.0 Å². The highest BCUT2D eigenvalue weighted by molar-refractivity contribution is 6.22. The van der Waals surface area contributed by atoms with Crippen LogP contribution in [0.2, 0.25) is 0 Å². The van der Waals surface area contributed by atoms with Gasteiger partial charge in [0.05, 0.1) is 5.57 Å². The van der Waals surface area contributed by atoms with Crippen LogP contribution in [-0.4, -0.2) is 31.5 Å². The van der Waals surface area contributed by atoms with Gasteiger partial charge in [0.15, 0.2) is 18.4 Å². The molecule has 5 nitrogen and oxygen atoms in total. The second-order valence-electron chi connectivity index (χ2n) is 6.19. The van der Waals surface area contributed by atoms with E-state index in [1.807, 2.05) is 13.8 Å². The molecule has 120 valence electrons. The molecule has 0 spiro atoms. The molecule has 1 saturated carbocycles. The molecule has 0 heterocycles. The first-order chi connectivity index (χ1) is 9.96. The predicted octanol–water partition coefficient (Wildman–Crippen LogP) is 2.56. The van der Waals surface area contributed by atoms with E-state index in [9.17, 15) is 9.59 Å². The van der Waals surface area contributed by atoms with Gasteiger partial charge in [0.25, 0.3) is 0 Å². The van der Waals surface area contributed by atoms with Crippen molar-refractivity contribution in [2.24, 2.45) is 5.41 Å². The van der Waals surface area contributed by atoms with E-state index in [1.54, 1.807) is 6.08 Å². The van der Waals surface area contributed by atoms with Crippen molar-refractivity contribution in [3.8, 4) is 0 Å². The maximum Gasteiger partial charge on any atom is 0.166 e. The van der Waals surface area contributed by atoms with Crippen molar-refractivity contribution < 1.29 is 19.2 Å². The standard InChI is InChI=1S/C16H27NO4/c1-4-5-9-20-12-21-17-8-6-7-13-14(18)10-16(2,3)11-15(13)19/h7,17H,4-6,8-12H2,1-3H3. The lowest BCUT2D eigenvalue weighted by atomic mass is 9.74. The van der Waals surface area contributed by atoms with Gasteiger partial charge in [0, 0.05) is 26.0 Å². The van der Waals surface area contributed by atoms with Crippen LogP contribution in [0.3, 0.4) is 0 Å². The third-order valence-corrected chi connectivity index (χ3v) is 3.36. The lowest BCUT2D eigenvalue weighted by Crippen LogP contribution is -2.31. The van der Waals surface area contributed by atoms with Gasteiger partial charge in [0.2, 0.25) is 0 Å². The van der Waals surface area contributed by atoms with Gasteiger partial charge in [0.1, 0.15) is 0 Å². The molecule has 0 saturated heterocycles. The van der Waals surface area contributed by atoms with Crippen LogP contribution in [0.1, 0.15) is 52.9 Å². The van der Waals surface area contributed by atoms with Crippen molar-refractivity contribution in [3.63, 3.8) is 0 Å². The van der Waals surface area contributed by atoms with Crippen molar-refractivity contribution in [2.45, 2.75) is 52.9 Å². The Balaban J connectivity index is 2.19. The fourth-order valence-corrected chi connectivity index (χ4v) is 2.24. The van der Waals surface area contributed by atoms with Crippen LogP contribution in [0.5, 0.6) is 0 Å². The zero-order valence-corrected chi connectivity index (χ0v) is 13.4. The van der Waals surface area contributed by atoms with Crippen molar-refractivity contribution in [1.29, 1.82) is 0 Å². The number of hydrogen-bond acceptors (Lipinski definition) is 5. The average Bonchev–Trinajstić information content (AvgIpc) is 2.38. The highest BCUT2D eigenvalue weighted by atomic mass is 16.7. The number of allylic oxidation sites excluding steroid dienone is 1. The zero-order valence-electron chi connectivity index (χ0n) is 13.4. The fraction of sp³-hybridized carbons (Fsp3) is 0.750. The number of carbonyl (C=O) groups is 2. The summed E-state index contributed by atoms with van der Waals surface area (Å²) in [4.78, 5) is 28.9. The van der Waals surface area contributed by atoms with Crippen molar-refractivity contribution in [2.75, 3.05) is 19.9 Å². The number of hydrogen-bond donors (Lipinski definition) is 1. The second-order valence-corrected chi connectivity index (χ2v) is 6.19. The third kappa shape index (κ3) is 6.98. The largest absolute Gasteiger partial charge is 0.353 e. The van der Waals surface area contributed by atoms with Gasteiger partial charge in [-0.05, 0) is 18.3 Å². The first kappa shape index (κ1) is 18.0. The summed E-state index contributed by atoms with van der Waals surface area (Å²) in [7, 11) is 0. The first-order valence-corrected chi connectivity index (χ1v) is 7.65. The van der Waals surface area contributed by atoms with Crippen LogP contribution < -0.4 is 5.48 Å². The van der Waals surface area contributed by atoms with Gasteiger partial charge < -0.3 is 4.74 Å². The summed E-state index contributed by atoms with van der Waals surface area (Å²) in [6.45, 7) is 7.46. The second kappa shape index (κ2) is 9.07. The number of hydroxylamine groups is 1. The number of rotatable bonds is 9. The minimum Gasteiger partial charge on any atom is -0.353 e. The summed E-state index contributed by atoms with van der Waals surface area (Å²) in [6.07, 6.45) is 5.31. The molecule has 0 aromatic heterocycles. The monoisotopic (exact) mass is 297 g/mol. The lowest BCUT2D eigenvalue weighted by Gasteiger charge is -2.28. The molecule has 0 radical (unpaired) electrons. The molecule has 0 aromatic carbocycles. The minimum absolute atomic E-state index is 0.0416. The molecule has 1 rings (SSSR count). The van der Waals surface area contributed by atoms with Gasteiger partial charge in [-0.1, -0.05) is 33.3 Å². The third-order valence-electron chi connectivity index (χ3n) is 3.36. The molecule has 1 fully saturated rings. The highest BCUT2D eigenvalue weighted by Crippen LogP contribution is 2.33. The van der Waals surface area contributed by atoms with E-state index < -0.39 is 0 Å². The lowest BCUT2D eigenvalue weighted by molar-refractivity contribution is -0.127. The summed E-state index contributed by atoms with van der Waals surface area (Å²) < 4.78 is 5.22. The summed E-state index contributed by atoms with van der Waals surface area (Å²) in [5, 5.41) is 0. The number of carbonyl (C=O) groups excluding carboxylic acids is 2. The van der Waals surface area contributed by atoms with Gasteiger partial charge in [-0.15, -0.1) is 0 Å². The SMILES string of the molecule is CCCCOCONCCC=C1C(=O)CC(C)(C)CC1=O. The van der Waals surface area contributed by atoms with Gasteiger partial charge in [-0.2, -0.15) is 5.48 Å². The van der Waals surface area contributed by atoms with E-state index in [2.05, 4.69) is 12.4 Å². The van der Waals surface area contributed by atoms with E-state index in [-0.39, 0.29) is 23.8 Å². The van der Waals surface area contributed by atoms with E-state index in [4.69, 9.17) is 9.57 Å². The summed E-state index contributed by atoms with van der Waals surface area (Å²) in [5.41, 5.74) is 2.91. The highest BCUT2D eigenvalue weighted by Gasteiger charge is 2.35.